The summed E-state index contributed by atoms with van der Waals surface area (Å²) in [6.45, 7) is 53.8. The van der Waals surface area contributed by atoms with Gasteiger partial charge in [-0.3, -0.25) is 34.3 Å². The molecule has 5 heterocycles. The minimum Gasteiger partial charge on any atom is -0.304 e. The molecular formula is C46H102N10. The maximum Gasteiger partial charge on any atom is 0.0195 e. The molecule has 0 radical (unpaired) electrons. The number of likely N-dealkylation sites (N-methyl/N-ethyl adjacent to an activating group) is 5. The summed E-state index contributed by atoms with van der Waals surface area (Å²) in [5.41, 5.74) is 0. The lowest BCUT2D eigenvalue weighted by Gasteiger charge is -2.44. The smallest absolute Gasteiger partial charge is 0.0195 e. The maximum absolute atomic E-state index is 2.56. The van der Waals surface area contributed by atoms with Crippen LogP contribution in [-0.2, 0) is 0 Å². The van der Waals surface area contributed by atoms with Crippen molar-refractivity contribution in [1.29, 1.82) is 0 Å². The fourth-order valence-corrected chi connectivity index (χ4v) is 8.16. The Morgan fingerprint density at radius 1 is 0.286 bits per heavy atom. The van der Waals surface area contributed by atoms with Crippen LogP contribution < -0.4 is 0 Å². The fourth-order valence-electron chi connectivity index (χ4n) is 8.16. The predicted molar refractivity (Wildman–Crippen MR) is 249 cm³/mol. The molecule has 0 bridgehead atoms. The van der Waals surface area contributed by atoms with Gasteiger partial charge in [0.25, 0.3) is 0 Å². The maximum atomic E-state index is 2.56. The molecule has 5 rings (SSSR count). The first-order chi connectivity index (χ1) is 26.0. The molecule has 6 atom stereocenters. The van der Waals surface area contributed by atoms with Crippen molar-refractivity contribution in [1.82, 2.24) is 49.0 Å². The van der Waals surface area contributed by atoms with E-state index in [9.17, 15) is 0 Å². The number of piperazine rings is 5. The van der Waals surface area contributed by atoms with Crippen LogP contribution in [-0.4, -0.2) is 242 Å². The third-order valence-electron chi connectivity index (χ3n) is 13.9. The highest BCUT2D eigenvalue weighted by Gasteiger charge is 2.29. The number of nitrogens with zero attached hydrogens (tertiary/aromatic N) is 10. The topological polar surface area (TPSA) is 32.4 Å². The van der Waals surface area contributed by atoms with Gasteiger partial charge in [-0.2, -0.15) is 0 Å². The zero-order valence-electron chi connectivity index (χ0n) is 41.7. The van der Waals surface area contributed by atoms with Crippen LogP contribution >= 0.6 is 0 Å². The molecule has 5 fully saturated rings. The molecule has 0 aromatic heterocycles. The first kappa shape index (κ1) is 53.6. The molecule has 0 unspecified atom stereocenters. The quantitative estimate of drug-likeness (QED) is 0.354. The van der Waals surface area contributed by atoms with Crippen LogP contribution in [0.5, 0.6) is 0 Å². The van der Waals surface area contributed by atoms with Gasteiger partial charge in [-0.25, -0.2) is 0 Å². The number of hydrogen-bond donors (Lipinski definition) is 0. The zero-order chi connectivity index (χ0) is 43.0. The summed E-state index contributed by atoms with van der Waals surface area (Å²) in [6.07, 6.45) is 0. The third-order valence-corrected chi connectivity index (χ3v) is 13.9. The first-order valence-corrected chi connectivity index (χ1v) is 23.2. The highest BCUT2D eigenvalue weighted by Crippen LogP contribution is 2.16. The summed E-state index contributed by atoms with van der Waals surface area (Å²) in [5.74, 6) is 0. The lowest BCUT2D eigenvalue weighted by Crippen LogP contribution is -2.56. The van der Waals surface area contributed by atoms with E-state index in [0.717, 1.165) is 18.1 Å². The van der Waals surface area contributed by atoms with E-state index in [1.165, 1.54) is 91.6 Å². The normalized spacial score (nSPS) is 30.8. The van der Waals surface area contributed by atoms with E-state index in [4.69, 9.17) is 0 Å². The molecule has 10 heteroatoms. The van der Waals surface area contributed by atoms with Gasteiger partial charge in [0, 0.05) is 158 Å². The van der Waals surface area contributed by atoms with E-state index in [1.807, 2.05) is 0 Å². The van der Waals surface area contributed by atoms with E-state index in [-0.39, 0.29) is 0 Å². The van der Waals surface area contributed by atoms with Crippen molar-refractivity contribution in [3.63, 3.8) is 0 Å². The van der Waals surface area contributed by atoms with Crippen molar-refractivity contribution in [3.8, 4) is 0 Å². The van der Waals surface area contributed by atoms with Gasteiger partial charge in [0.15, 0.2) is 0 Å². The summed E-state index contributed by atoms with van der Waals surface area (Å²) in [6, 6.07) is 7.83. The van der Waals surface area contributed by atoms with E-state index < -0.39 is 0 Å². The lowest BCUT2D eigenvalue weighted by molar-refractivity contribution is 0.0424. The van der Waals surface area contributed by atoms with Crippen molar-refractivity contribution < 1.29 is 0 Å². The Bertz CT molecular complexity index is 897. The molecule has 5 aliphatic heterocycles. The van der Waals surface area contributed by atoms with Crippen LogP contribution in [0.15, 0.2) is 0 Å². The Labute approximate surface area is 352 Å². The van der Waals surface area contributed by atoms with Gasteiger partial charge in [0.05, 0.1) is 0 Å². The summed E-state index contributed by atoms with van der Waals surface area (Å²) in [7, 11) is 11.1. The van der Waals surface area contributed by atoms with Gasteiger partial charge < -0.3 is 14.7 Å². The summed E-state index contributed by atoms with van der Waals surface area (Å²) >= 11 is 0. The average molecular weight is 795 g/mol. The second kappa shape index (κ2) is 26.7. The monoisotopic (exact) mass is 795 g/mol. The van der Waals surface area contributed by atoms with Crippen molar-refractivity contribution in [3.05, 3.63) is 0 Å². The zero-order valence-corrected chi connectivity index (χ0v) is 41.7. The molecule has 0 spiro atoms. The summed E-state index contributed by atoms with van der Waals surface area (Å²) < 4.78 is 0. The van der Waals surface area contributed by atoms with Crippen LogP contribution in [0, 0.1) is 0 Å². The molecule has 336 valence electrons. The van der Waals surface area contributed by atoms with Crippen molar-refractivity contribution in [2.24, 2.45) is 0 Å². The molecule has 0 saturated carbocycles. The molecule has 5 saturated heterocycles. The summed E-state index contributed by atoms with van der Waals surface area (Å²) in [5, 5.41) is 0. The van der Waals surface area contributed by atoms with Crippen LogP contribution in [0.4, 0.5) is 0 Å². The van der Waals surface area contributed by atoms with Gasteiger partial charge in [-0.05, 0) is 146 Å². The third kappa shape index (κ3) is 19.3. The molecule has 10 nitrogen and oxygen atoms in total. The van der Waals surface area contributed by atoms with Crippen molar-refractivity contribution in [2.75, 3.05) is 127 Å². The second-order valence-electron chi connectivity index (χ2n) is 20.1. The van der Waals surface area contributed by atoms with Gasteiger partial charge in [0.1, 0.15) is 0 Å². The highest BCUT2D eigenvalue weighted by atomic mass is 15.3. The van der Waals surface area contributed by atoms with Crippen LogP contribution in [0.25, 0.3) is 0 Å². The molecule has 0 N–H and O–H groups in total. The van der Waals surface area contributed by atoms with Gasteiger partial charge in [-0.15, -0.1) is 0 Å². The molecule has 0 aliphatic carbocycles. The Morgan fingerprint density at radius 3 is 0.750 bits per heavy atom. The van der Waals surface area contributed by atoms with Crippen LogP contribution in [0.2, 0.25) is 0 Å². The number of hydrogen-bond acceptors (Lipinski definition) is 10. The van der Waals surface area contributed by atoms with E-state index in [0.29, 0.717) is 48.3 Å². The SMILES string of the molecule is CC(C)N1CCN(C)CC1.CC(C)N1CCN(C)[C@@H](C)C1.CC(C)N1CCN(C)[C@H](C)C1.CC(C)N1C[C@@H](C)N(C)[C@@H](C)C1.CC(C)N1C[C@@H](C)N(C)[C@@H](C)C1. The Hall–Kier alpha value is -0.400. The predicted octanol–water partition coefficient (Wildman–Crippen LogP) is 5.54. The molecular weight excluding hydrogens is 693 g/mol. The molecule has 5 aliphatic rings. The molecule has 56 heavy (non-hydrogen) atoms. The molecule has 0 aromatic rings. The van der Waals surface area contributed by atoms with Crippen molar-refractivity contribution in [2.45, 2.75) is 177 Å². The average Bonchev–Trinajstić information content (AvgIpc) is 3.12. The lowest BCUT2D eigenvalue weighted by atomic mass is 10.1. The Kier molecular flexibility index (Phi) is 25.6. The largest absolute Gasteiger partial charge is 0.304 e. The molecule has 0 amide bonds. The second-order valence-corrected chi connectivity index (χ2v) is 20.1. The van der Waals surface area contributed by atoms with Gasteiger partial charge in [0.2, 0.25) is 0 Å². The van der Waals surface area contributed by atoms with E-state index in [2.05, 4.69) is 195 Å². The summed E-state index contributed by atoms with van der Waals surface area (Å²) in [4.78, 5) is 24.9. The standard InChI is InChI=1S/2C10H22N2.2C9H20N2.C8H18N2/c2*1-8(2)12-6-9(3)11(5)10(4)7-12;2*1-8(2)11-6-5-10(4)9(3)7-11;1-8(2)10-6-4-9(3)5-7-10/h2*8-10H,6-7H2,1-5H3;2*8-9H,5-7H2,1-4H3;8H,4-7H2,1-3H3/t2*9-,10+;2*9-;/m..10./s1. The van der Waals surface area contributed by atoms with Crippen molar-refractivity contribution >= 4 is 0 Å². The minimum atomic E-state index is 0.698. The molecule has 0 aromatic carbocycles. The van der Waals surface area contributed by atoms with E-state index >= 15 is 0 Å². The highest BCUT2D eigenvalue weighted by molar-refractivity contribution is 4.85. The van der Waals surface area contributed by atoms with Crippen LogP contribution in [0.3, 0.4) is 0 Å². The first-order valence-electron chi connectivity index (χ1n) is 23.2. The van der Waals surface area contributed by atoms with E-state index in [1.54, 1.807) is 0 Å². The minimum absolute atomic E-state index is 0.698. The fraction of sp³-hybridized carbons (Fsp3) is 1.00. The Morgan fingerprint density at radius 2 is 0.518 bits per heavy atom. The number of rotatable bonds is 5. The Balaban J connectivity index is 0.000000350. The van der Waals surface area contributed by atoms with Gasteiger partial charge >= 0.3 is 0 Å². The van der Waals surface area contributed by atoms with Crippen LogP contribution in [0.1, 0.15) is 111 Å². The van der Waals surface area contributed by atoms with Gasteiger partial charge in [-0.1, -0.05) is 0 Å².